The molecule has 0 bridgehead atoms. The molecule has 2 rings (SSSR count). The van der Waals surface area contributed by atoms with E-state index >= 15 is 0 Å². The van der Waals surface area contributed by atoms with Crippen molar-refractivity contribution in [3.05, 3.63) is 29.8 Å². The Bertz CT molecular complexity index is 365. The predicted molar refractivity (Wildman–Crippen MR) is 61.8 cm³/mol. The molecule has 0 aliphatic carbocycles. The highest BCUT2D eigenvalue weighted by Gasteiger charge is 2.26. The van der Waals surface area contributed by atoms with Crippen LogP contribution in [0.5, 0.6) is 0 Å². The number of nitriles is 1. The van der Waals surface area contributed by atoms with Gasteiger partial charge < -0.3 is 4.90 Å². The van der Waals surface area contributed by atoms with Gasteiger partial charge >= 0.3 is 0 Å². The summed E-state index contributed by atoms with van der Waals surface area (Å²) in [5.74, 6) is 0. The Balaban J connectivity index is 2.26. The molecular formula is C13H16N2. The topological polar surface area (TPSA) is 27.0 Å². The third-order valence-corrected chi connectivity index (χ3v) is 3.25. The second-order valence-corrected chi connectivity index (χ2v) is 4.34. The van der Waals surface area contributed by atoms with Crippen molar-refractivity contribution in [2.24, 2.45) is 0 Å². The Morgan fingerprint density at radius 2 is 1.67 bits per heavy atom. The van der Waals surface area contributed by atoms with Gasteiger partial charge in [0.15, 0.2) is 0 Å². The number of hydrogen-bond acceptors (Lipinski definition) is 2. The molecule has 2 heteroatoms. The van der Waals surface area contributed by atoms with E-state index in [2.05, 4.69) is 36.9 Å². The van der Waals surface area contributed by atoms with Gasteiger partial charge in [-0.1, -0.05) is 0 Å². The van der Waals surface area contributed by atoms with E-state index < -0.39 is 0 Å². The Hall–Kier alpha value is -1.49. The molecular weight excluding hydrogens is 184 g/mol. The van der Waals surface area contributed by atoms with Crippen LogP contribution >= 0.6 is 0 Å². The molecule has 0 N–H and O–H groups in total. The van der Waals surface area contributed by atoms with Gasteiger partial charge in [0.1, 0.15) is 0 Å². The fourth-order valence-electron chi connectivity index (χ4n) is 2.41. The summed E-state index contributed by atoms with van der Waals surface area (Å²) in [6.07, 6.45) is 2.53. The van der Waals surface area contributed by atoms with E-state index in [1.807, 2.05) is 12.1 Å². The van der Waals surface area contributed by atoms with Crippen LogP contribution in [0, 0.1) is 11.3 Å². The molecule has 1 heterocycles. The number of anilines is 1. The first-order chi connectivity index (χ1) is 7.22. The molecule has 1 aromatic rings. The molecule has 1 saturated heterocycles. The van der Waals surface area contributed by atoms with Crippen LogP contribution in [0.2, 0.25) is 0 Å². The van der Waals surface area contributed by atoms with Crippen molar-refractivity contribution in [1.82, 2.24) is 0 Å². The van der Waals surface area contributed by atoms with Gasteiger partial charge in [-0.05, 0) is 51.0 Å². The van der Waals surface area contributed by atoms with Crippen LogP contribution in [0.1, 0.15) is 32.3 Å². The molecule has 1 fully saturated rings. The van der Waals surface area contributed by atoms with Crippen molar-refractivity contribution in [3.8, 4) is 6.07 Å². The zero-order valence-corrected chi connectivity index (χ0v) is 9.27. The first-order valence-electron chi connectivity index (χ1n) is 5.51. The van der Waals surface area contributed by atoms with Crippen molar-refractivity contribution < 1.29 is 0 Å². The van der Waals surface area contributed by atoms with Gasteiger partial charge in [0, 0.05) is 17.8 Å². The molecule has 2 unspecified atom stereocenters. The minimum Gasteiger partial charge on any atom is -0.366 e. The molecule has 0 amide bonds. The molecule has 0 spiro atoms. The summed E-state index contributed by atoms with van der Waals surface area (Å²) in [4.78, 5) is 2.45. The van der Waals surface area contributed by atoms with Crippen LogP contribution in [0.3, 0.4) is 0 Å². The maximum absolute atomic E-state index is 8.73. The van der Waals surface area contributed by atoms with E-state index in [9.17, 15) is 0 Å². The molecule has 0 aromatic heterocycles. The summed E-state index contributed by atoms with van der Waals surface area (Å²) in [6.45, 7) is 4.53. The minimum atomic E-state index is 0.618. The molecule has 0 saturated carbocycles. The quantitative estimate of drug-likeness (QED) is 0.697. The summed E-state index contributed by atoms with van der Waals surface area (Å²) in [7, 11) is 0. The minimum absolute atomic E-state index is 0.618. The van der Waals surface area contributed by atoms with Crippen molar-refractivity contribution in [1.29, 1.82) is 5.26 Å². The van der Waals surface area contributed by atoms with Crippen LogP contribution in [-0.4, -0.2) is 12.1 Å². The van der Waals surface area contributed by atoms with Crippen LogP contribution in [0.4, 0.5) is 5.69 Å². The maximum atomic E-state index is 8.73. The van der Waals surface area contributed by atoms with Crippen molar-refractivity contribution in [2.75, 3.05) is 4.90 Å². The van der Waals surface area contributed by atoms with Gasteiger partial charge in [-0.25, -0.2) is 0 Å². The standard InChI is InChI=1S/C13H16N2/c1-10-3-4-11(2)15(10)13-7-5-12(9-14)6-8-13/h5-8,10-11H,3-4H2,1-2H3. The van der Waals surface area contributed by atoms with Crippen LogP contribution in [0.15, 0.2) is 24.3 Å². The zero-order valence-electron chi connectivity index (χ0n) is 9.27. The smallest absolute Gasteiger partial charge is 0.0991 e. The largest absolute Gasteiger partial charge is 0.366 e. The third kappa shape index (κ3) is 1.83. The van der Waals surface area contributed by atoms with Gasteiger partial charge in [-0.3, -0.25) is 0 Å². The van der Waals surface area contributed by atoms with Crippen LogP contribution < -0.4 is 4.90 Å². The van der Waals surface area contributed by atoms with Crippen LogP contribution in [0.25, 0.3) is 0 Å². The average molecular weight is 200 g/mol. The molecule has 1 aliphatic heterocycles. The number of nitrogens with zero attached hydrogens (tertiary/aromatic N) is 2. The van der Waals surface area contributed by atoms with Gasteiger partial charge in [0.25, 0.3) is 0 Å². The second kappa shape index (κ2) is 3.94. The monoisotopic (exact) mass is 200 g/mol. The molecule has 1 aromatic carbocycles. The Kier molecular flexibility index (Phi) is 2.64. The van der Waals surface area contributed by atoms with E-state index in [1.54, 1.807) is 0 Å². The number of hydrogen-bond donors (Lipinski definition) is 0. The lowest BCUT2D eigenvalue weighted by molar-refractivity contribution is 0.694. The zero-order chi connectivity index (χ0) is 10.8. The summed E-state index contributed by atoms with van der Waals surface area (Å²) in [5.41, 5.74) is 1.98. The highest BCUT2D eigenvalue weighted by molar-refractivity contribution is 5.52. The van der Waals surface area contributed by atoms with E-state index in [0.29, 0.717) is 12.1 Å². The Morgan fingerprint density at radius 3 is 2.13 bits per heavy atom. The molecule has 78 valence electrons. The molecule has 2 atom stereocenters. The van der Waals surface area contributed by atoms with Crippen molar-refractivity contribution in [3.63, 3.8) is 0 Å². The lowest BCUT2D eigenvalue weighted by atomic mass is 10.2. The lowest BCUT2D eigenvalue weighted by Crippen LogP contribution is -2.32. The molecule has 0 radical (unpaired) electrons. The normalized spacial score (nSPS) is 25.3. The maximum Gasteiger partial charge on any atom is 0.0991 e. The van der Waals surface area contributed by atoms with Gasteiger partial charge in [0.05, 0.1) is 11.6 Å². The Labute approximate surface area is 91.1 Å². The molecule has 2 nitrogen and oxygen atoms in total. The third-order valence-electron chi connectivity index (χ3n) is 3.25. The SMILES string of the molecule is CC1CCC(C)N1c1ccc(C#N)cc1. The highest BCUT2D eigenvalue weighted by atomic mass is 15.2. The molecule has 15 heavy (non-hydrogen) atoms. The number of rotatable bonds is 1. The van der Waals surface area contributed by atoms with E-state index in [-0.39, 0.29) is 0 Å². The van der Waals surface area contributed by atoms with Crippen LogP contribution in [-0.2, 0) is 0 Å². The van der Waals surface area contributed by atoms with Crippen molar-refractivity contribution >= 4 is 5.69 Å². The average Bonchev–Trinajstić information content (AvgIpc) is 2.59. The van der Waals surface area contributed by atoms with E-state index in [1.165, 1.54) is 18.5 Å². The summed E-state index contributed by atoms with van der Waals surface area (Å²) in [5, 5.41) is 8.73. The van der Waals surface area contributed by atoms with Gasteiger partial charge in [0.2, 0.25) is 0 Å². The summed E-state index contributed by atoms with van der Waals surface area (Å²) in [6, 6.07) is 11.3. The Morgan fingerprint density at radius 1 is 1.13 bits per heavy atom. The number of benzene rings is 1. The predicted octanol–water partition coefficient (Wildman–Crippen LogP) is 2.94. The first-order valence-corrected chi connectivity index (χ1v) is 5.51. The fourth-order valence-corrected chi connectivity index (χ4v) is 2.41. The lowest BCUT2D eigenvalue weighted by Gasteiger charge is -2.28. The highest BCUT2D eigenvalue weighted by Crippen LogP contribution is 2.29. The van der Waals surface area contributed by atoms with Gasteiger partial charge in [-0.15, -0.1) is 0 Å². The summed E-state index contributed by atoms with van der Waals surface area (Å²) < 4.78 is 0. The van der Waals surface area contributed by atoms with E-state index in [0.717, 1.165) is 5.56 Å². The second-order valence-electron chi connectivity index (χ2n) is 4.34. The summed E-state index contributed by atoms with van der Waals surface area (Å²) >= 11 is 0. The van der Waals surface area contributed by atoms with E-state index in [4.69, 9.17) is 5.26 Å². The first kappa shape index (κ1) is 10.0. The van der Waals surface area contributed by atoms with Crippen molar-refractivity contribution in [2.45, 2.75) is 38.8 Å². The fraction of sp³-hybridized carbons (Fsp3) is 0.462. The molecule has 1 aliphatic rings. The van der Waals surface area contributed by atoms with Gasteiger partial charge in [-0.2, -0.15) is 5.26 Å².